The predicted octanol–water partition coefficient (Wildman–Crippen LogP) is 3.01. The lowest BCUT2D eigenvalue weighted by molar-refractivity contribution is -0.152. The Hall–Kier alpha value is -1.61. The van der Waals surface area contributed by atoms with E-state index in [4.69, 9.17) is 4.74 Å². The Morgan fingerprint density at radius 2 is 1.90 bits per heavy atom. The van der Waals surface area contributed by atoms with E-state index in [0.717, 1.165) is 6.54 Å². The zero-order chi connectivity index (χ0) is 14.5. The zero-order valence-corrected chi connectivity index (χ0v) is 12.5. The lowest BCUT2D eigenvalue weighted by atomic mass is 9.92. The van der Waals surface area contributed by atoms with Crippen molar-refractivity contribution < 1.29 is 9.53 Å². The van der Waals surface area contributed by atoms with Gasteiger partial charge in [0.1, 0.15) is 6.04 Å². The van der Waals surface area contributed by atoms with Crippen LogP contribution in [-0.4, -0.2) is 29.6 Å². The van der Waals surface area contributed by atoms with Gasteiger partial charge in [-0.3, -0.25) is 9.69 Å². The molecule has 0 saturated heterocycles. The molecule has 1 aliphatic rings. The molecule has 1 aliphatic heterocycles. The number of benzene rings is 1. The number of carbonyl (C=O) groups excluding carboxylic acids is 1. The minimum Gasteiger partial charge on any atom is -0.465 e. The van der Waals surface area contributed by atoms with Gasteiger partial charge in [-0.25, -0.2) is 0 Å². The molecule has 3 nitrogen and oxygen atoms in total. The first-order valence-electron chi connectivity index (χ1n) is 7.28. The van der Waals surface area contributed by atoms with Crippen LogP contribution in [0.1, 0.15) is 26.3 Å². The molecule has 0 radical (unpaired) electrons. The van der Waals surface area contributed by atoms with E-state index >= 15 is 0 Å². The second kappa shape index (κ2) is 6.71. The topological polar surface area (TPSA) is 29.5 Å². The lowest BCUT2D eigenvalue weighted by Gasteiger charge is -2.39. The Morgan fingerprint density at radius 3 is 2.55 bits per heavy atom. The molecule has 3 atom stereocenters. The number of hydrogen-bond donors (Lipinski definition) is 0. The van der Waals surface area contributed by atoms with Crippen molar-refractivity contribution in [3.8, 4) is 0 Å². The van der Waals surface area contributed by atoms with Gasteiger partial charge in [-0.05, 0) is 19.4 Å². The van der Waals surface area contributed by atoms with Crippen molar-refractivity contribution in [1.29, 1.82) is 0 Å². The highest BCUT2D eigenvalue weighted by molar-refractivity contribution is 5.76. The van der Waals surface area contributed by atoms with E-state index in [2.05, 4.69) is 43.0 Å². The number of ether oxygens (including phenoxy) is 1. The summed E-state index contributed by atoms with van der Waals surface area (Å²) in [6.07, 6.45) is 4.29. The Morgan fingerprint density at radius 1 is 1.20 bits per heavy atom. The van der Waals surface area contributed by atoms with Crippen molar-refractivity contribution in [3.63, 3.8) is 0 Å². The maximum atomic E-state index is 12.3. The lowest BCUT2D eigenvalue weighted by Crippen LogP contribution is -2.51. The predicted molar refractivity (Wildman–Crippen MR) is 80.2 cm³/mol. The minimum atomic E-state index is -0.199. The molecule has 108 valence electrons. The van der Waals surface area contributed by atoms with Crippen molar-refractivity contribution in [1.82, 2.24) is 4.90 Å². The van der Waals surface area contributed by atoms with E-state index in [1.54, 1.807) is 0 Å². The molecule has 3 heteroatoms. The van der Waals surface area contributed by atoms with Crippen LogP contribution < -0.4 is 0 Å². The van der Waals surface area contributed by atoms with Crippen LogP contribution in [0.5, 0.6) is 0 Å². The third-order valence-electron chi connectivity index (χ3n) is 3.81. The van der Waals surface area contributed by atoms with Crippen LogP contribution in [0.3, 0.4) is 0 Å². The molecule has 0 aromatic heterocycles. The first kappa shape index (κ1) is 14.8. The standard InChI is InChI=1S/C17H23NO2/c1-4-20-17(19)16-13(2)10-11-14(3)18(16)12-15-8-6-5-7-9-15/h5-11,13-14,16H,4,12H2,1-3H3/t13-,14+,16+/m1/s1. The molecule has 0 aliphatic carbocycles. The minimum absolute atomic E-state index is 0.118. The first-order chi connectivity index (χ1) is 9.63. The normalized spacial score (nSPS) is 26.4. The van der Waals surface area contributed by atoms with Gasteiger partial charge in [-0.2, -0.15) is 0 Å². The molecule has 1 aromatic rings. The fourth-order valence-electron chi connectivity index (χ4n) is 2.72. The quantitative estimate of drug-likeness (QED) is 0.624. The van der Waals surface area contributed by atoms with Crippen LogP contribution in [0.2, 0.25) is 0 Å². The van der Waals surface area contributed by atoms with Gasteiger partial charge in [0.2, 0.25) is 0 Å². The van der Waals surface area contributed by atoms with E-state index in [1.807, 2.05) is 25.1 Å². The number of rotatable bonds is 4. The summed E-state index contributed by atoms with van der Waals surface area (Å²) in [5, 5.41) is 0. The highest BCUT2D eigenvalue weighted by Crippen LogP contribution is 2.25. The zero-order valence-electron chi connectivity index (χ0n) is 12.5. The molecule has 2 rings (SSSR count). The van der Waals surface area contributed by atoms with Crippen molar-refractivity contribution >= 4 is 5.97 Å². The molecule has 0 amide bonds. The Bertz CT molecular complexity index is 469. The van der Waals surface area contributed by atoms with Crippen LogP contribution >= 0.6 is 0 Å². The Labute approximate surface area is 121 Å². The second-order valence-electron chi connectivity index (χ2n) is 5.34. The van der Waals surface area contributed by atoms with Crippen LogP contribution in [-0.2, 0) is 16.1 Å². The number of hydrogen-bond acceptors (Lipinski definition) is 3. The molecule has 0 spiro atoms. The van der Waals surface area contributed by atoms with Crippen LogP contribution in [0.4, 0.5) is 0 Å². The summed E-state index contributed by atoms with van der Waals surface area (Å²) in [6, 6.07) is 10.3. The SMILES string of the molecule is CCOC(=O)[C@@H]1[C@H](C)C=C[C@H](C)N1Cc1ccccc1. The summed E-state index contributed by atoms with van der Waals surface area (Å²) < 4.78 is 5.25. The van der Waals surface area contributed by atoms with E-state index in [1.165, 1.54) is 5.56 Å². The number of carbonyl (C=O) groups is 1. The van der Waals surface area contributed by atoms with E-state index < -0.39 is 0 Å². The van der Waals surface area contributed by atoms with Gasteiger partial charge in [0.05, 0.1) is 6.61 Å². The molecule has 20 heavy (non-hydrogen) atoms. The Balaban J connectivity index is 2.21. The molecule has 0 fully saturated rings. The third kappa shape index (κ3) is 3.28. The summed E-state index contributed by atoms with van der Waals surface area (Å²) >= 11 is 0. The number of nitrogens with zero attached hydrogens (tertiary/aromatic N) is 1. The van der Waals surface area contributed by atoms with Gasteiger partial charge < -0.3 is 4.74 Å². The van der Waals surface area contributed by atoms with Gasteiger partial charge in [0.15, 0.2) is 0 Å². The summed E-state index contributed by atoms with van der Waals surface area (Å²) in [5.74, 6) is 0.0566. The Kier molecular flexibility index (Phi) is 4.96. The van der Waals surface area contributed by atoms with E-state index in [-0.39, 0.29) is 24.0 Å². The van der Waals surface area contributed by atoms with Crippen LogP contribution in [0.25, 0.3) is 0 Å². The molecule has 1 aromatic carbocycles. The van der Waals surface area contributed by atoms with Crippen molar-refractivity contribution in [2.75, 3.05) is 6.61 Å². The highest BCUT2D eigenvalue weighted by atomic mass is 16.5. The maximum Gasteiger partial charge on any atom is 0.323 e. The second-order valence-corrected chi connectivity index (χ2v) is 5.34. The van der Waals surface area contributed by atoms with Crippen molar-refractivity contribution in [2.24, 2.45) is 5.92 Å². The molecule has 0 unspecified atom stereocenters. The fourth-order valence-corrected chi connectivity index (χ4v) is 2.72. The number of esters is 1. The molecular formula is C17H23NO2. The molecule has 0 bridgehead atoms. The van der Waals surface area contributed by atoms with Gasteiger partial charge in [-0.15, -0.1) is 0 Å². The maximum absolute atomic E-state index is 12.3. The van der Waals surface area contributed by atoms with Gasteiger partial charge in [0.25, 0.3) is 0 Å². The summed E-state index contributed by atoms with van der Waals surface area (Å²) in [6.45, 7) is 7.24. The highest BCUT2D eigenvalue weighted by Gasteiger charge is 2.36. The van der Waals surface area contributed by atoms with Gasteiger partial charge >= 0.3 is 5.97 Å². The molecular weight excluding hydrogens is 250 g/mol. The van der Waals surface area contributed by atoms with Crippen molar-refractivity contribution in [3.05, 3.63) is 48.0 Å². The molecule has 0 N–H and O–H groups in total. The molecule has 1 heterocycles. The van der Waals surface area contributed by atoms with Crippen LogP contribution in [0, 0.1) is 5.92 Å². The average Bonchev–Trinajstić information content (AvgIpc) is 2.44. The van der Waals surface area contributed by atoms with E-state index in [0.29, 0.717) is 6.61 Å². The fraction of sp³-hybridized carbons (Fsp3) is 0.471. The summed E-state index contributed by atoms with van der Waals surface area (Å²) in [7, 11) is 0. The summed E-state index contributed by atoms with van der Waals surface area (Å²) in [5.41, 5.74) is 1.22. The van der Waals surface area contributed by atoms with E-state index in [9.17, 15) is 4.79 Å². The summed E-state index contributed by atoms with van der Waals surface area (Å²) in [4.78, 5) is 14.5. The third-order valence-corrected chi connectivity index (χ3v) is 3.81. The van der Waals surface area contributed by atoms with Gasteiger partial charge in [0, 0.05) is 18.5 Å². The first-order valence-corrected chi connectivity index (χ1v) is 7.28. The van der Waals surface area contributed by atoms with Crippen molar-refractivity contribution in [2.45, 2.75) is 39.4 Å². The smallest absolute Gasteiger partial charge is 0.323 e. The van der Waals surface area contributed by atoms with Crippen LogP contribution in [0.15, 0.2) is 42.5 Å². The van der Waals surface area contributed by atoms with Gasteiger partial charge in [-0.1, -0.05) is 49.4 Å². The monoisotopic (exact) mass is 273 g/mol. The average molecular weight is 273 g/mol. The molecule has 0 saturated carbocycles. The largest absolute Gasteiger partial charge is 0.465 e.